The molecule has 0 radical (unpaired) electrons. The molecule has 0 aromatic heterocycles. The molecule has 0 bridgehead atoms. The second-order valence-electron chi connectivity index (χ2n) is 1.94. The lowest BCUT2D eigenvalue weighted by Crippen LogP contribution is -2.28. The molecule has 1 fully saturated rings. The van der Waals surface area contributed by atoms with E-state index < -0.39 is 11.8 Å². The van der Waals surface area contributed by atoms with E-state index in [0.717, 1.165) is 0 Å². The van der Waals surface area contributed by atoms with Crippen LogP contribution in [0.1, 0.15) is 0 Å². The van der Waals surface area contributed by atoms with E-state index in [1.165, 1.54) is 11.8 Å². The Bertz CT molecular complexity index is 157. The van der Waals surface area contributed by atoms with Gasteiger partial charge in [-0.15, -0.1) is 0 Å². The van der Waals surface area contributed by atoms with Crippen LogP contribution in [-0.4, -0.2) is 23.2 Å². The van der Waals surface area contributed by atoms with Crippen LogP contribution in [0.4, 0.5) is 0 Å². The molecule has 0 aromatic carbocycles. The van der Waals surface area contributed by atoms with E-state index >= 15 is 0 Å². The second-order valence-corrected chi connectivity index (χ2v) is 2.97. The quantitative estimate of drug-likeness (QED) is 0.501. The van der Waals surface area contributed by atoms with Gasteiger partial charge in [0.15, 0.2) is 5.78 Å². The fraction of sp³-hybridized carbons (Fsp3) is 0.600. The molecule has 1 amide bonds. The first kappa shape index (κ1) is 6.61. The van der Waals surface area contributed by atoms with E-state index in [1.54, 1.807) is 0 Å². The molecule has 1 rings (SSSR count). The topological polar surface area (TPSA) is 60.2 Å². The van der Waals surface area contributed by atoms with Crippen LogP contribution in [0.3, 0.4) is 0 Å². The van der Waals surface area contributed by atoms with Crippen molar-refractivity contribution in [3.8, 4) is 0 Å². The van der Waals surface area contributed by atoms with Crippen LogP contribution in [0.15, 0.2) is 0 Å². The Morgan fingerprint density at radius 1 is 1.78 bits per heavy atom. The van der Waals surface area contributed by atoms with Gasteiger partial charge >= 0.3 is 0 Å². The number of ketones is 1. The highest BCUT2D eigenvalue weighted by Crippen LogP contribution is 2.19. The molecule has 0 aromatic rings. The molecule has 0 spiro atoms. The maximum atomic E-state index is 10.7. The SMILES string of the molecule is NC(=O)C1CSCC1=O. The van der Waals surface area contributed by atoms with E-state index in [0.29, 0.717) is 11.5 Å². The second kappa shape index (κ2) is 2.39. The van der Waals surface area contributed by atoms with Gasteiger partial charge in [0, 0.05) is 5.75 Å². The standard InChI is InChI=1S/C5H7NO2S/c6-5(8)3-1-9-2-4(3)7/h3H,1-2H2,(H2,6,8). The van der Waals surface area contributed by atoms with Crippen molar-refractivity contribution in [3.05, 3.63) is 0 Å². The van der Waals surface area contributed by atoms with E-state index in [-0.39, 0.29) is 5.78 Å². The molecule has 1 unspecified atom stereocenters. The summed E-state index contributed by atoms with van der Waals surface area (Å²) in [4.78, 5) is 21.1. The first-order valence-corrected chi connectivity index (χ1v) is 3.77. The number of nitrogens with two attached hydrogens (primary N) is 1. The Kier molecular flexibility index (Phi) is 1.75. The van der Waals surface area contributed by atoms with Gasteiger partial charge < -0.3 is 5.73 Å². The average molecular weight is 145 g/mol. The highest BCUT2D eigenvalue weighted by Gasteiger charge is 2.29. The smallest absolute Gasteiger partial charge is 0.228 e. The van der Waals surface area contributed by atoms with E-state index in [4.69, 9.17) is 5.73 Å². The molecule has 9 heavy (non-hydrogen) atoms. The monoisotopic (exact) mass is 145 g/mol. The van der Waals surface area contributed by atoms with Crippen LogP contribution in [-0.2, 0) is 9.59 Å². The molecule has 1 aliphatic heterocycles. The molecule has 1 aliphatic rings. The number of rotatable bonds is 1. The molecule has 1 atom stereocenters. The lowest BCUT2D eigenvalue weighted by Gasteiger charge is -1.97. The Hall–Kier alpha value is -0.510. The molecule has 1 saturated heterocycles. The number of carbonyl (C=O) groups is 2. The summed E-state index contributed by atoms with van der Waals surface area (Å²) in [5, 5.41) is 0. The zero-order valence-electron chi connectivity index (χ0n) is 4.79. The molecule has 4 heteroatoms. The number of carbonyl (C=O) groups excluding carboxylic acids is 2. The largest absolute Gasteiger partial charge is 0.369 e. The number of hydrogen-bond donors (Lipinski definition) is 1. The lowest BCUT2D eigenvalue weighted by molar-refractivity contribution is -0.129. The summed E-state index contributed by atoms with van der Waals surface area (Å²) < 4.78 is 0. The molecular weight excluding hydrogens is 138 g/mol. The van der Waals surface area contributed by atoms with E-state index in [1.807, 2.05) is 0 Å². The van der Waals surface area contributed by atoms with Gasteiger partial charge in [-0.3, -0.25) is 9.59 Å². The minimum atomic E-state index is -0.505. The minimum Gasteiger partial charge on any atom is -0.369 e. The van der Waals surface area contributed by atoms with E-state index in [2.05, 4.69) is 0 Å². The van der Waals surface area contributed by atoms with Crippen molar-refractivity contribution in [3.63, 3.8) is 0 Å². The van der Waals surface area contributed by atoms with Crippen molar-refractivity contribution < 1.29 is 9.59 Å². The molecule has 0 saturated carbocycles. The highest BCUT2D eigenvalue weighted by molar-refractivity contribution is 8.00. The van der Waals surface area contributed by atoms with Crippen molar-refractivity contribution in [2.75, 3.05) is 11.5 Å². The third kappa shape index (κ3) is 1.24. The van der Waals surface area contributed by atoms with Gasteiger partial charge in [0.05, 0.1) is 5.75 Å². The van der Waals surface area contributed by atoms with Crippen molar-refractivity contribution in [2.24, 2.45) is 11.7 Å². The van der Waals surface area contributed by atoms with Crippen molar-refractivity contribution in [1.82, 2.24) is 0 Å². The Morgan fingerprint density at radius 3 is 2.67 bits per heavy atom. The summed E-state index contributed by atoms with van der Waals surface area (Å²) in [6.07, 6.45) is 0. The minimum absolute atomic E-state index is 0.0208. The zero-order valence-corrected chi connectivity index (χ0v) is 5.61. The number of thioether (sulfide) groups is 1. The first-order chi connectivity index (χ1) is 4.22. The van der Waals surface area contributed by atoms with Crippen LogP contribution in [0, 0.1) is 5.92 Å². The van der Waals surface area contributed by atoms with Gasteiger partial charge in [0.2, 0.25) is 5.91 Å². The third-order valence-electron chi connectivity index (χ3n) is 1.26. The predicted octanol–water partition coefficient (Wildman–Crippen LogP) is -0.596. The van der Waals surface area contributed by atoms with Crippen LogP contribution in [0.2, 0.25) is 0 Å². The summed E-state index contributed by atoms with van der Waals surface area (Å²) in [5.74, 6) is 0.0226. The third-order valence-corrected chi connectivity index (χ3v) is 2.32. The molecule has 3 nitrogen and oxygen atoms in total. The van der Waals surface area contributed by atoms with Crippen LogP contribution >= 0.6 is 11.8 Å². The van der Waals surface area contributed by atoms with Crippen molar-refractivity contribution in [1.29, 1.82) is 0 Å². The van der Waals surface area contributed by atoms with E-state index in [9.17, 15) is 9.59 Å². The summed E-state index contributed by atoms with van der Waals surface area (Å²) in [6.45, 7) is 0. The lowest BCUT2D eigenvalue weighted by atomic mass is 10.1. The molecule has 50 valence electrons. The molecule has 1 heterocycles. The maximum Gasteiger partial charge on any atom is 0.228 e. The van der Waals surface area contributed by atoms with Gasteiger partial charge in [-0.25, -0.2) is 0 Å². The van der Waals surface area contributed by atoms with Gasteiger partial charge in [0.1, 0.15) is 5.92 Å². The van der Waals surface area contributed by atoms with Crippen molar-refractivity contribution >= 4 is 23.5 Å². The zero-order chi connectivity index (χ0) is 6.85. The maximum absolute atomic E-state index is 10.7. The molecular formula is C5H7NO2S. The number of hydrogen-bond acceptors (Lipinski definition) is 3. The highest BCUT2D eigenvalue weighted by atomic mass is 32.2. The number of Topliss-reactive ketones (excluding diaryl/α,β-unsaturated/α-hetero) is 1. The first-order valence-electron chi connectivity index (χ1n) is 2.61. The van der Waals surface area contributed by atoms with Crippen LogP contribution < -0.4 is 5.73 Å². The normalized spacial score (nSPS) is 26.7. The summed E-state index contributed by atoms with van der Waals surface area (Å²) in [7, 11) is 0. The van der Waals surface area contributed by atoms with Crippen LogP contribution in [0.5, 0.6) is 0 Å². The average Bonchev–Trinajstić information content (AvgIpc) is 2.13. The van der Waals surface area contributed by atoms with Crippen LogP contribution in [0.25, 0.3) is 0 Å². The molecule has 0 aliphatic carbocycles. The van der Waals surface area contributed by atoms with Crippen molar-refractivity contribution in [2.45, 2.75) is 0 Å². The Balaban J connectivity index is 2.60. The number of amides is 1. The van der Waals surface area contributed by atoms with Gasteiger partial charge in [0.25, 0.3) is 0 Å². The Morgan fingerprint density at radius 2 is 2.44 bits per heavy atom. The summed E-state index contributed by atoms with van der Waals surface area (Å²) >= 11 is 1.47. The van der Waals surface area contributed by atoms with Gasteiger partial charge in [-0.05, 0) is 0 Å². The number of primary amides is 1. The summed E-state index contributed by atoms with van der Waals surface area (Å²) in [5.41, 5.74) is 4.92. The molecule has 2 N–H and O–H groups in total. The Labute approximate surface area is 57.0 Å². The van der Waals surface area contributed by atoms with Gasteiger partial charge in [-0.1, -0.05) is 0 Å². The fourth-order valence-corrected chi connectivity index (χ4v) is 1.82. The fourth-order valence-electron chi connectivity index (χ4n) is 0.712. The summed E-state index contributed by atoms with van der Waals surface area (Å²) in [6, 6.07) is 0. The van der Waals surface area contributed by atoms with Gasteiger partial charge in [-0.2, -0.15) is 11.8 Å². The predicted molar refractivity (Wildman–Crippen MR) is 35.0 cm³/mol.